The van der Waals surface area contributed by atoms with Crippen LogP contribution >= 0.6 is 0 Å². The fraction of sp³-hybridized carbons (Fsp3) is 0.632. The van der Waals surface area contributed by atoms with Crippen molar-refractivity contribution in [1.29, 1.82) is 0 Å². The molecule has 1 aromatic rings. The molecule has 0 atom stereocenters. The summed E-state index contributed by atoms with van der Waals surface area (Å²) in [5, 5.41) is 0. The minimum absolute atomic E-state index is 0.148. The topological polar surface area (TPSA) is 38.8 Å². The Morgan fingerprint density at radius 1 is 1.13 bits per heavy atom. The number of hydrogen-bond acceptors (Lipinski definition) is 4. The lowest BCUT2D eigenvalue weighted by molar-refractivity contribution is -0.136. The highest BCUT2D eigenvalue weighted by Crippen LogP contribution is 2.40. The van der Waals surface area contributed by atoms with E-state index in [9.17, 15) is 4.79 Å². The molecular weight excluding hydrogens is 290 g/mol. The minimum Gasteiger partial charge on any atom is -0.425 e. The maximum atomic E-state index is 12.3. The summed E-state index contributed by atoms with van der Waals surface area (Å²) in [4.78, 5) is 14.5. The molecule has 2 fully saturated rings. The van der Waals surface area contributed by atoms with E-state index in [2.05, 4.69) is 4.90 Å². The first-order chi connectivity index (χ1) is 11.1. The number of rotatable bonds is 3. The molecule has 126 valence electrons. The number of para-hydroxylation sites is 1. The molecule has 0 aromatic heterocycles. The summed E-state index contributed by atoms with van der Waals surface area (Å²) in [5.41, 5.74) is 2.49. The normalized spacial score (nSPS) is 21.3. The molecule has 0 bridgehead atoms. The van der Waals surface area contributed by atoms with Crippen LogP contribution < -0.4 is 4.74 Å². The predicted molar refractivity (Wildman–Crippen MR) is 89.7 cm³/mol. The van der Waals surface area contributed by atoms with Crippen molar-refractivity contribution in [3.63, 3.8) is 0 Å². The van der Waals surface area contributed by atoms with Gasteiger partial charge in [-0.15, -0.1) is 0 Å². The molecular formula is C19H27NO3. The first kappa shape index (κ1) is 16.5. The van der Waals surface area contributed by atoms with Gasteiger partial charge in [-0.05, 0) is 69.2 Å². The lowest BCUT2D eigenvalue weighted by Gasteiger charge is -2.43. The van der Waals surface area contributed by atoms with Gasteiger partial charge in [-0.1, -0.05) is 18.2 Å². The summed E-state index contributed by atoms with van der Waals surface area (Å²) in [5.74, 6) is 0.570. The summed E-state index contributed by atoms with van der Waals surface area (Å²) in [6, 6.07) is 5.94. The molecule has 1 aromatic carbocycles. The van der Waals surface area contributed by atoms with Gasteiger partial charge in [0, 0.05) is 13.2 Å². The van der Waals surface area contributed by atoms with Gasteiger partial charge < -0.3 is 9.47 Å². The molecule has 2 aliphatic heterocycles. The highest BCUT2D eigenvalue weighted by molar-refractivity contribution is 5.75. The molecule has 0 unspecified atom stereocenters. The van der Waals surface area contributed by atoms with Gasteiger partial charge in [0.15, 0.2) is 0 Å². The lowest BCUT2D eigenvalue weighted by Crippen LogP contribution is -2.45. The molecule has 0 amide bonds. The number of esters is 1. The van der Waals surface area contributed by atoms with Gasteiger partial charge in [0.2, 0.25) is 0 Å². The number of aryl methyl sites for hydroxylation is 2. The number of benzene rings is 1. The van der Waals surface area contributed by atoms with Crippen LogP contribution in [-0.2, 0) is 9.53 Å². The molecule has 1 spiro atoms. The third kappa shape index (κ3) is 3.93. The van der Waals surface area contributed by atoms with Crippen molar-refractivity contribution in [2.45, 2.75) is 39.5 Å². The molecule has 23 heavy (non-hydrogen) atoms. The fourth-order valence-electron chi connectivity index (χ4n) is 3.78. The maximum Gasteiger partial charge on any atom is 0.325 e. The van der Waals surface area contributed by atoms with E-state index in [1.807, 2.05) is 32.0 Å². The van der Waals surface area contributed by atoms with Gasteiger partial charge in [-0.2, -0.15) is 0 Å². The average molecular weight is 317 g/mol. The average Bonchev–Trinajstić information content (AvgIpc) is 2.54. The molecule has 2 heterocycles. The van der Waals surface area contributed by atoms with Crippen LogP contribution in [0, 0.1) is 19.3 Å². The molecule has 0 radical (unpaired) electrons. The Morgan fingerprint density at radius 3 is 2.35 bits per heavy atom. The second kappa shape index (κ2) is 7.02. The van der Waals surface area contributed by atoms with Gasteiger partial charge in [-0.3, -0.25) is 9.69 Å². The predicted octanol–water partition coefficient (Wildman–Crippen LogP) is 3.10. The van der Waals surface area contributed by atoms with Gasteiger partial charge in [-0.25, -0.2) is 0 Å². The van der Waals surface area contributed by atoms with E-state index in [-0.39, 0.29) is 5.97 Å². The molecule has 0 aliphatic carbocycles. The van der Waals surface area contributed by atoms with E-state index in [1.165, 1.54) is 25.7 Å². The number of nitrogens with zero attached hydrogens (tertiary/aromatic N) is 1. The summed E-state index contributed by atoms with van der Waals surface area (Å²) >= 11 is 0. The third-order valence-corrected chi connectivity index (χ3v) is 5.45. The van der Waals surface area contributed by atoms with Crippen molar-refractivity contribution < 1.29 is 14.3 Å². The summed E-state index contributed by atoms with van der Waals surface area (Å²) < 4.78 is 11.1. The van der Waals surface area contributed by atoms with Gasteiger partial charge in [0.25, 0.3) is 0 Å². The quantitative estimate of drug-likeness (QED) is 0.634. The van der Waals surface area contributed by atoms with Crippen LogP contribution in [0.15, 0.2) is 18.2 Å². The molecule has 2 saturated heterocycles. The van der Waals surface area contributed by atoms with E-state index in [0.717, 1.165) is 43.2 Å². The van der Waals surface area contributed by atoms with Crippen molar-refractivity contribution in [3.8, 4) is 5.75 Å². The molecule has 4 heteroatoms. The zero-order valence-corrected chi connectivity index (χ0v) is 14.3. The maximum absolute atomic E-state index is 12.3. The third-order valence-electron chi connectivity index (χ3n) is 5.45. The van der Waals surface area contributed by atoms with E-state index < -0.39 is 0 Å². The second-order valence-electron chi connectivity index (χ2n) is 7.08. The molecule has 0 N–H and O–H groups in total. The van der Waals surface area contributed by atoms with Crippen molar-refractivity contribution >= 4 is 5.97 Å². The first-order valence-electron chi connectivity index (χ1n) is 8.65. The highest BCUT2D eigenvalue weighted by Gasteiger charge is 2.36. The summed E-state index contributed by atoms with van der Waals surface area (Å²) in [6.07, 6.45) is 4.70. The van der Waals surface area contributed by atoms with Gasteiger partial charge in [0.05, 0.1) is 6.54 Å². The highest BCUT2D eigenvalue weighted by atomic mass is 16.5. The monoisotopic (exact) mass is 317 g/mol. The molecule has 2 aliphatic rings. The molecule has 3 rings (SSSR count). The van der Waals surface area contributed by atoms with Crippen molar-refractivity contribution in [1.82, 2.24) is 4.90 Å². The van der Waals surface area contributed by atoms with E-state index >= 15 is 0 Å². The van der Waals surface area contributed by atoms with Crippen LogP contribution in [0.3, 0.4) is 0 Å². The van der Waals surface area contributed by atoms with E-state index in [0.29, 0.717) is 12.0 Å². The number of hydrogen-bond donors (Lipinski definition) is 0. The number of ether oxygens (including phenoxy) is 2. The number of carbonyl (C=O) groups excluding carboxylic acids is 1. The fourth-order valence-corrected chi connectivity index (χ4v) is 3.78. The second-order valence-corrected chi connectivity index (χ2v) is 7.08. The van der Waals surface area contributed by atoms with Crippen LogP contribution in [0.1, 0.15) is 36.8 Å². The molecule has 4 nitrogen and oxygen atoms in total. The van der Waals surface area contributed by atoms with E-state index in [1.54, 1.807) is 0 Å². The number of likely N-dealkylation sites (tertiary alicyclic amines) is 1. The Bertz CT molecular complexity index is 533. The Morgan fingerprint density at radius 2 is 1.74 bits per heavy atom. The summed E-state index contributed by atoms with van der Waals surface area (Å²) in [7, 11) is 0. The minimum atomic E-state index is -0.148. The lowest BCUT2D eigenvalue weighted by atomic mass is 9.72. The SMILES string of the molecule is Cc1cccc(C)c1OC(=O)CN1CCC2(CCOCC2)CC1. The van der Waals surface area contributed by atoms with Gasteiger partial charge in [0.1, 0.15) is 5.75 Å². The Labute approximate surface area is 138 Å². The smallest absolute Gasteiger partial charge is 0.325 e. The van der Waals surface area contributed by atoms with Crippen LogP contribution in [0.4, 0.5) is 0 Å². The van der Waals surface area contributed by atoms with Crippen molar-refractivity contribution in [2.75, 3.05) is 32.8 Å². The summed E-state index contributed by atoms with van der Waals surface area (Å²) in [6.45, 7) is 8.12. The standard InChI is InChI=1S/C19H27NO3/c1-15-4-3-5-16(2)18(15)23-17(21)14-20-10-6-19(7-11-20)8-12-22-13-9-19/h3-5H,6-14H2,1-2H3. The number of carbonyl (C=O) groups is 1. The van der Waals surface area contributed by atoms with Gasteiger partial charge >= 0.3 is 5.97 Å². The van der Waals surface area contributed by atoms with Crippen molar-refractivity contribution in [3.05, 3.63) is 29.3 Å². The number of piperidine rings is 1. The van der Waals surface area contributed by atoms with Crippen LogP contribution in [-0.4, -0.2) is 43.7 Å². The Balaban J connectivity index is 1.51. The Hall–Kier alpha value is -1.39. The zero-order chi connectivity index (χ0) is 16.3. The largest absolute Gasteiger partial charge is 0.425 e. The Kier molecular flexibility index (Phi) is 5.02. The zero-order valence-electron chi connectivity index (χ0n) is 14.3. The van der Waals surface area contributed by atoms with Crippen LogP contribution in [0.25, 0.3) is 0 Å². The van der Waals surface area contributed by atoms with E-state index in [4.69, 9.17) is 9.47 Å². The van der Waals surface area contributed by atoms with Crippen molar-refractivity contribution in [2.24, 2.45) is 5.41 Å². The molecule has 0 saturated carbocycles. The van der Waals surface area contributed by atoms with Crippen LogP contribution in [0.5, 0.6) is 5.75 Å². The first-order valence-corrected chi connectivity index (χ1v) is 8.65. The van der Waals surface area contributed by atoms with Crippen LogP contribution in [0.2, 0.25) is 0 Å².